The lowest BCUT2D eigenvalue weighted by atomic mass is 10.1. The number of nitrogens with zero attached hydrogens (tertiary/aromatic N) is 4. The molecule has 150 valence electrons. The summed E-state index contributed by atoms with van der Waals surface area (Å²) in [6.45, 7) is 10.1. The molecule has 0 aromatic carbocycles. The zero-order valence-corrected chi connectivity index (χ0v) is 18.0. The predicted octanol–water partition coefficient (Wildman–Crippen LogP) is 4.49. The molecule has 0 radical (unpaired) electrons. The van der Waals surface area contributed by atoms with Crippen LogP contribution in [0.1, 0.15) is 44.1 Å². The number of ether oxygens (including phenoxy) is 1. The summed E-state index contributed by atoms with van der Waals surface area (Å²) in [6, 6.07) is 6.09. The molecule has 1 amide bonds. The number of amides is 1. The van der Waals surface area contributed by atoms with Gasteiger partial charge in [0.2, 0.25) is 0 Å². The molecule has 3 aromatic rings. The first-order chi connectivity index (χ1) is 13.4. The number of pyridine rings is 1. The third kappa shape index (κ3) is 4.25. The molecule has 0 saturated carbocycles. The van der Waals surface area contributed by atoms with E-state index in [1.54, 1.807) is 24.6 Å². The lowest BCUT2D eigenvalue weighted by molar-refractivity contribution is 0.0674. The second kappa shape index (κ2) is 8.84. The summed E-state index contributed by atoms with van der Waals surface area (Å²) in [6.07, 6.45) is 1.76. The van der Waals surface area contributed by atoms with Gasteiger partial charge in [-0.3, -0.25) is 4.79 Å². The van der Waals surface area contributed by atoms with Gasteiger partial charge < -0.3 is 9.64 Å². The molecule has 0 fully saturated rings. The van der Waals surface area contributed by atoms with Gasteiger partial charge in [-0.2, -0.15) is 5.10 Å². The monoisotopic (exact) mass is 400 g/mol. The zero-order valence-electron chi connectivity index (χ0n) is 17.2. The molecule has 0 atom stereocenters. The van der Waals surface area contributed by atoms with Crippen LogP contribution < -0.4 is 0 Å². The number of rotatable bonds is 8. The first-order valence-corrected chi connectivity index (χ1v) is 10.5. The van der Waals surface area contributed by atoms with E-state index in [4.69, 9.17) is 9.72 Å². The summed E-state index contributed by atoms with van der Waals surface area (Å²) in [5.74, 6) is 0.368. The van der Waals surface area contributed by atoms with Gasteiger partial charge >= 0.3 is 0 Å². The lowest BCUT2D eigenvalue weighted by Gasteiger charge is -2.25. The maximum Gasteiger partial charge on any atom is 0.254 e. The molecule has 0 unspecified atom stereocenters. The van der Waals surface area contributed by atoms with E-state index in [9.17, 15) is 4.79 Å². The molecule has 3 rings (SSSR count). The lowest BCUT2D eigenvalue weighted by Crippen LogP contribution is -2.36. The Bertz CT molecular complexity index is 931. The Morgan fingerprint density at radius 2 is 2.11 bits per heavy atom. The number of thiophene rings is 1. The van der Waals surface area contributed by atoms with Crippen LogP contribution in [0.25, 0.3) is 21.6 Å². The first-order valence-electron chi connectivity index (χ1n) is 9.62. The van der Waals surface area contributed by atoms with Gasteiger partial charge in [0.25, 0.3) is 5.91 Å². The quantitative estimate of drug-likeness (QED) is 0.559. The molecular weight excluding hydrogens is 372 g/mol. The Morgan fingerprint density at radius 1 is 1.32 bits per heavy atom. The van der Waals surface area contributed by atoms with Crippen LogP contribution in [0.3, 0.4) is 0 Å². The van der Waals surface area contributed by atoms with Crippen molar-refractivity contribution < 1.29 is 9.53 Å². The fourth-order valence-electron chi connectivity index (χ4n) is 3.21. The molecule has 7 heteroatoms. The summed E-state index contributed by atoms with van der Waals surface area (Å²) < 4.78 is 7.10. The summed E-state index contributed by atoms with van der Waals surface area (Å²) in [5.41, 5.74) is 2.21. The van der Waals surface area contributed by atoms with Gasteiger partial charge in [0.1, 0.15) is 0 Å². The van der Waals surface area contributed by atoms with Crippen molar-refractivity contribution in [1.29, 1.82) is 0 Å². The Labute approximate surface area is 170 Å². The number of carbonyl (C=O) groups is 1. The van der Waals surface area contributed by atoms with Crippen LogP contribution >= 0.6 is 11.3 Å². The van der Waals surface area contributed by atoms with Gasteiger partial charge in [0.15, 0.2) is 5.65 Å². The first kappa shape index (κ1) is 20.5. The highest BCUT2D eigenvalue weighted by Crippen LogP contribution is 2.29. The van der Waals surface area contributed by atoms with Gasteiger partial charge in [-0.15, -0.1) is 11.3 Å². The van der Waals surface area contributed by atoms with Crippen LogP contribution in [0.4, 0.5) is 0 Å². The second-order valence-corrected chi connectivity index (χ2v) is 8.54. The van der Waals surface area contributed by atoms with Crippen molar-refractivity contribution in [3.63, 3.8) is 0 Å². The van der Waals surface area contributed by atoms with Gasteiger partial charge in [-0.05, 0) is 37.3 Å². The molecule has 0 saturated heterocycles. The van der Waals surface area contributed by atoms with Gasteiger partial charge in [-0.1, -0.05) is 19.9 Å². The van der Waals surface area contributed by atoms with Gasteiger partial charge in [0.05, 0.1) is 34.3 Å². The number of aromatic nitrogens is 3. The molecule has 0 aliphatic carbocycles. The van der Waals surface area contributed by atoms with E-state index in [1.807, 2.05) is 33.2 Å². The average Bonchev–Trinajstić information content (AvgIpc) is 3.32. The van der Waals surface area contributed by atoms with Crippen molar-refractivity contribution in [2.75, 3.05) is 26.8 Å². The fraction of sp³-hybridized carbons (Fsp3) is 0.476. The number of fused-ring (bicyclic) bond motifs is 1. The molecule has 0 N–H and O–H groups in total. The van der Waals surface area contributed by atoms with Gasteiger partial charge in [-0.25, -0.2) is 9.67 Å². The average molecular weight is 401 g/mol. The van der Waals surface area contributed by atoms with E-state index in [0.29, 0.717) is 31.2 Å². The molecular formula is C21H28N4O2S. The highest BCUT2D eigenvalue weighted by Gasteiger charge is 2.23. The highest BCUT2D eigenvalue weighted by molar-refractivity contribution is 7.13. The summed E-state index contributed by atoms with van der Waals surface area (Å²) in [5, 5.41) is 7.32. The molecule has 0 aliphatic heterocycles. The van der Waals surface area contributed by atoms with Crippen LogP contribution in [0.5, 0.6) is 0 Å². The molecule has 0 bridgehead atoms. The molecule has 0 spiro atoms. The van der Waals surface area contributed by atoms with E-state index >= 15 is 0 Å². The topological polar surface area (TPSA) is 60.2 Å². The third-order valence-corrected chi connectivity index (χ3v) is 5.39. The molecule has 0 aliphatic rings. The van der Waals surface area contributed by atoms with Crippen molar-refractivity contribution in [2.45, 2.75) is 33.7 Å². The minimum absolute atomic E-state index is 0.000683. The van der Waals surface area contributed by atoms with Crippen LogP contribution in [0.2, 0.25) is 0 Å². The fourth-order valence-corrected chi connectivity index (χ4v) is 3.90. The third-order valence-electron chi connectivity index (χ3n) is 4.50. The Kier molecular flexibility index (Phi) is 6.46. The Hall–Kier alpha value is -2.25. The van der Waals surface area contributed by atoms with E-state index in [-0.39, 0.29) is 11.9 Å². The smallest absolute Gasteiger partial charge is 0.254 e. The van der Waals surface area contributed by atoms with Crippen molar-refractivity contribution in [1.82, 2.24) is 19.7 Å². The highest BCUT2D eigenvalue weighted by atomic mass is 32.1. The van der Waals surface area contributed by atoms with Crippen molar-refractivity contribution in [3.05, 3.63) is 35.3 Å². The number of carbonyl (C=O) groups excluding carboxylic acids is 1. The SMILES string of the molecule is COCCN(CC(C)C)C(=O)c1cc(-c2cccs2)nc2c1cnn2C(C)C. The van der Waals surface area contributed by atoms with Crippen molar-refractivity contribution in [3.8, 4) is 10.6 Å². The largest absolute Gasteiger partial charge is 0.383 e. The molecule has 3 aromatic heterocycles. The van der Waals surface area contributed by atoms with Crippen LogP contribution in [-0.4, -0.2) is 52.4 Å². The number of methoxy groups -OCH3 is 1. The second-order valence-electron chi connectivity index (χ2n) is 7.59. The summed E-state index contributed by atoms with van der Waals surface area (Å²) in [7, 11) is 1.66. The number of hydrogen-bond acceptors (Lipinski definition) is 5. The zero-order chi connectivity index (χ0) is 20.3. The maximum absolute atomic E-state index is 13.5. The molecule has 3 heterocycles. The minimum Gasteiger partial charge on any atom is -0.383 e. The molecule has 6 nitrogen and oxygen atoms in total. The summed E-state index contributed by atoms with van der Waals surface area (Å²) in [4.78, 5) is 21.3. The van der Waals surface area contributed by atoms with Crippen LogP contribution in [0, 0.1) is 5.92 Å². The predicted molar refractivity (Wildman–Crippen MR) is 114 cm³/mol. The van der Waals surface area contributed by atoms with E-state index in [1.165, 1.54) is 0 Å². The normalized spacial score (nSPS) is 11.7. The molecule has 28 heavy (non-hydrogen) atoms. The van der Waals surface area contributed by atoms with Crippen molar-refractivity contribution in [2.24, 2.45) is 5.92 Å². The Morgan fingerprint density at radius 3 is 2.71 bits per heavy atom. The van der Waals surface area contributed by atoms with Gasteiger partial charge in [0, 0.05) is 26.2 Å². The maximum atomic E-state index is 13.5. The van der Waals surface area contributed by atoms with Crippen LogP contribution in [-0.2, 0) is 4.74 Å². The van der Waals surface area contributed by atoms with E-state index in [0.717, 1.165) is 21.6 Å². The minimum atomic E-state index is -0.000683. The standard InChI is InChI=1S/C21H28N4O2S/c1-14(2)13-24(8-9-27-5)21(26)16-11-18(19-7-6-10-28-19)23-20-17(16)12-22-25(20)15(3)4/h6-7,10-12,14-15H,8-9,13H2,1-5H3. The summed E-state index contributed by atoms with van der Waals surface area (Å²) >= 11 is 1.62. The van der Waals surface area contributed by atoms with E-state index < -0.39 is 0 Å². The van der Waals surface area contributed by atoms with Crippen molar-refractivity contribution >= 4 is 28.3 Å². The Balaban J connectivity index is 2.13. The van der Waals surface area contributed by atoms with E-state index in [2.05, 4.69) is 32.8 Å². The number of hydrogen-bond donors (Lipinski definition) is 0. The van der Waals surface area contributed by atoms with Crippen LogP contribution in [0.15, 0.2) is 29.8 Å².